The summed E-state index contributed by atoms with van der Waals surface area (Å²) >= 11 is 0. The van der Waals surface area contributed by atoms with Gasteiger partial charge >= 0.3 is 17.9 Å². The number of Topliss-reactive ketones (excluding diaryl/α,β-unsaturated/α-hetero) is 1. The second-order valence-electron chi connectivity index (χ2n) is 13.0. The normalized spacial score (nSPS) is 16.0. The summed E-state index contributed by atoms with van der Waals surface area (Å²) in [5.41, 5.74) is -2.46. The number of hydrogen-bond donors (Lipinski definition) is 6. The van der Waals surface area contributed by atoms with Crippen molar-refractivity contribution in [2.45, 2.75) is 108 Å². The number of rotatable bonds is 27. The lowest BCUT2D eigenvalue weighted by Crippen LogP contribution is -2.55. The Kier molecular flexibility index (Phi) is 20.0. The Hall–Kier alpha value is -3.81. The number of carbonyl (C=O) groups excluding carboxylic acids is 2. The Morgan fingerprint density at radius 3 is 2.12 bits per heavy atom. The first-order chi connectivity index (χ1) is 24.0. The zero-order valence-electron chi connectivity index (χ0n) is 29.4. The molecule has 1 aromatic rings. The van der Waals surface area contributed by atoms with Crippen LogP contribution >= 0.6 is 0 Å². The van der Waals surface area contributed by atoms with Gasteiger partial charge in [0.1, 0.15) is 24.2 Å². The summed E-state index contributed by atoms with van der Waals surface area (Å²) < 4.78 is 5.81. The maximum Gasteiger partial charge on any atom is 0.337 e. The fourth-order valence-corrected chi connectivity index (χ4v) is 5.88. The standard InChI is InChI=1S/C37H57N3O10/c1-2-3-4-7-10-13-29(41)14-11-8-5-6-9-12-15-31(37(49,36(47)48)27-33(42)43)34(44)39-32(35(45)46)26-28-16-18-30(19-17-28)50-25-24-40-22-20-38-21-23-40/h12,15-19,31-32,38,49H,2-11,13-14,20-27H2,1H3,(H,39,44)(H,42,43)(H,45,46)(H,47,48)/t31-,32+,37+/m1/s1. The van der Waals surface area contributed by atoms with Gasteiger partial charge in [-0.3, -0.25) is 19.3 Å². The number of carbonyl (C=O) groups is 5. The van der Waals surface area contributed by atoms with Crippen molar-refractivity contribution in [3.63, 3.8) is 0 Å². The number of amides is 1. The predicted molar refractivity (Wildman–Crippen MR) is 188 cm³/mol. The van der Waals surface area contributed by atoms with Gasteiger partial charge in [-0.2, -0.15) is 0 Å². The molecule has 1 amide bonds. The average Bonchev–Trinajstić information content (AvgIpc) is 3.07. The number of carboxylic acids is 3. The minimum absolute atomic E-state index is 0.148. The van der Waals surface area contributed by atoms with Crippen LogP contribution in [0.5, 0.6) is 5.75 Å². The summed E-state index contributed by atoms with van der Waals surface area (Å²) in [7, 11) is 0. The van der Waals surface area contributed by atoms with Gasteiger partial charge in [-0.05, 0) is 43.4 Å². The SMILES string of the molecule is CCCCCCCC(=O)CCCCCCC=C[C@H](C(=O)N[C@@H](Cc1ccc(OCCN2CCNCC2)cc1)C(=O)O)[C@@](O)(CC(=O)O)C(=O)O. The molecule has 1 aliphatic heterocycles. The van der Waals surface area contributed by atoms with Gasteiger partial charge in [-0.1, -0.05) is 69.7 Å². The van der Waals surface area contributed by atoms with Crippen LogP contribution in [0.4, 0.5) is 0 Å². The highest BCUT2D eigenvalue weighted by molar-refractivity contribution is 5.94. The number of carboxylic acid groups (broad SMARTS) is 3. The van der Waals surface area contributed by atoms with Crippen molar-refractivity contribution < 1.29 is 49.1 Å². The molecule has 1 aliphatic rings. The number of aliphatic hydroxyl groups is 1. The molecule has 13 heteroatoms. The third-order valence-corrected chi connectivity index (χ3v) is 8.92. The minimum Gasteiger partial charge on any atom is -0.492 e. The molecule has 0 spiro atoms. The Morgan fingerprint density at radius 1 is 0.920 bits per heavy atom. The third-order valence-electron chi connectivity index (χ3n) is 8.92. The molecule has 1 aromatic carbocycles. The van der Waals surface area contributed by atoms with Crippen molar-refractivity contribution in [1.82, 2.24) is 15.5 Å². The van der Waals surface area contributed by atoms with Crippen molar-refractivity contribution >= 4 is 29.6 Å². The van der Waals surface area contributed by atoms with Gasteiger partial charge in [-0.25, -0.2) is 9.59 Å². The summed E-state index contributed by atoms with van der Waals surface area (Å²) in [5.74, 6) is -7.07. The van der Waals surface area contributed by atoms with E-state index in [2.05, 4.69) is 22.5 Å². The van der Waals surface area contributed by atoms with Crippen molar-refractivity contribution in [3.8, 4) is 5.75 Å². The van der Waals surface area contributed by atoms with E-state index in [1.54, 1.807) is 24.3 Å². The summed E-state index contributed by atoms with van der Waals surface area (Å²) in [5, 5.41) is 45.6. The zero-order valence-corrected chi connectivity index (χ0v) is 29.4. The first-order valence-corrected chi connectivity index (χ1v) is 18.0. The Bertz CT molecular complexity index is 1230. The lowest BCUT2D eigenvalue weighted by atomic mass is 9.82. The number of nitrogens with zero attached hydrogens (tertiary/aromatic N) is 1. The van der Waals surface area contributed by atoms with Crippen LogP contribution in [-0.2, 0) is 30.4 Å². The van der Waals surface area contributed by atoms with Crippen molar-refractivity contribution in [1.29, 1.82) is 0 Å². The van der Waals surface area contributed by atoms with E-state index in [1.165, 1.54) is 12.5 Å². The Balaban J connectivity index is 1.95. The van der Waals surface area contributed by atoms with Gasteiger partial charge in [0, 0.05) is 52.0 Å². The van der Waals surface area contributed by atoms with E-state index in [4.69, 9.17) is 4.74 Å². The number of piperazine rings is 1. The molecule has 0 aromatic heterocycles. The highest BCUT2D eigenvalue weighted by Crippen LogP contribution is 2.26. The molecule has 0 unspecified atom stereocenters. The van der Waals surface area contributed by atoms with E-state index in [0.29, 0.717) is 43.6 Å². The minimum atomic E-state index is -3.02. The second-order valence-corrected chi connectivity index (χ2v) is 13.0. The smallest absolute Gasteiger partial charge is 0.337 e. The lowest BCUT2D eigenvalue weighted by molar-refractivity contribution is -0.172. The number of allylic oxidation sites excluding steroid dienone is 1. The first kappa shape index (κ1) is 42.4. The van der Waals surface area contributed by atoms with E-state index < -0.39 is 47.8 Å². The van der Waals surface area contributed by atoms with Crippen molar-refractivity contribution in [2.75, 3.05) is 39.3 Å². The maximum atomic E-state index is 13.4. The van der Waals surface area contributed by atoms with Gasteiger partial charge in [-0.15, -0.1) is 0 Å². The predicted octanol–water partition coefficient (Wildman–Crippen LogP) is 3.82. The Labute approximate surface area is 295 Å². The second kappa shape index (κ2) is 23.6. The number of hydrogen-bond acceptors (Lipinski definition) is 9. The highest BCUT2D eigenvalue weighted by atomic mass is 16.5. The number of ether oxygens (including phenoxy) is 1. The van der Waals surface area contributed by atoms with Crippen molar-refractivity contribution in [3.05, 3.63) is 42.0 Å². The highest BCUT2D eigenvalue weighted by Gasteiger charge is 2.49. The van der Waals surface area contributed by atoms with Crippen LogP contribution in [0.15, 0.2) is 36.4 Å². The molecule has 1 heterocycles. The summed E-state index contributed by atoms with van der Waals surface area (Å²) in [6.45, 7) is 7.19. The Morgan fingerprint density at radius 2 is 1.54 bits per heavy atom. The molecule has 13 nitrogen and oxygen atoms in total. The van der Waals surface area contributed by atoms with Crippen molar-refractivity contribution in [2.24, 2.45) is 5.92 Å². The number of ketones is 1. The van der Waals surface area contributed by atoms with Crippen LogP contribution in [0, 0.1) is 5.92 Å². The number of benzene rings is 1. The van der Waals surface area contributed by atoms with E-state index in [0.717, 1.165) is 83.7 Å². The summed E-state index contributed by atoms with van der Waals surface area (Å²) in [4.78, 5) is 63.5. The molecule has 0 bridgehead atoms. The van der Waals surface area contributed by atoms with Gasteiger partial charge in [0.15, 0.2) is 5.60 Å². The van der Waals surface area contributed by atoms with Gasteiger partial charge in [0.25, 0.3) is 0 Å². The van der Waals surface area contributed by atoms with Gasteiger partial charge < -0.3 is 35.8 Å². The molecule has 0 saturated carbocycles. The first-order valence-electron chi connectivity index (χ1n) is 18.0. The van der Waals surface area contributed by atoms with Crippen LogP contribution in [0.25, 0.3) is 0 Å². The van der Waals surface area contributed by atoms with Crippen LogP contribution in [0.2, 0.25) is 0 Å². The molecule has 50 heavy (non-hydrogen) atoms. The van der Waals surface area contributed by atoms with Gasteiger partial charge in [0.2, 0.25) is 5.91 Å². The average molecular weight is 704 g/mol. The van der Waals surface area contributed by atoms with Gasteiger partial charge in [0.05, 0.1) is 12.3 Å². The van der Waals surface area contributed by atoms with Crippen LogP contribution < -0.4 is 15.4 Å². The quantitative estimate of drug-likeness (QED) is 0.0572. The fraction of sp³-hybridized carbons (Fsp3) is 0.649. The largest absolute Gasteiger partial charge is 0.492 e. The molecular formula is C37H57N3O10. The van der Waals surface area contributed by atoms with E-state index in [9.17, 15) is 44.4 Å². The van der Waals surface area contributed by atoms with Crippen LogP contribution in [0.3, 0.4) is 0 Å². The number of nitrogens with one attached hydrogen (secondary N) is 2. The van der Waals surface area contributed by atoms with E-state index >= 15 is 0 Å². The molecule has 6 N–H and O–H groups in total. The monoisotopic (exact) mass is 703 g/mol. The molecule has 1 fully saturated rings. The molecule has 280 valence electrons. The third kappa shape index (κ3) is 16.3. The fourth-order valence-electron chi connectivity index (χ4n) is 5.88. The van der Waals surface area contributed by atoms with Crippen LogP contribution in [0.1, 0.15) is 96.0 Å². The van der Waals surface area contributed by atoms with Crippen LogP contribution in [-0.4, -0.2) is 106 Å². The van der Waals surface area contributed by atoms with E-state index in [1.807, 2.05) is 0 Å². The molecule has 0 radical (unpaired) electrons. The topological polar surface area (TPSA) is 203 Å². The van der Waals surface area contributed by atoms with E-state index in [-0.39, 0.29) is 12.2 Å². The molecule has 3 atom stereocenters. The molecule has 1 saturated heterocycles. The lowest BCUT2D eigenvalue weighted by Gasteiger charge is -2.29. The summed E-state index contributed by atoms with van der Waals surface area (Å²) in [6.07, 6.45) is 11.3. The molecular weight excluding hydrogens is 646 g/mol. The molecule has 2 rings (SSSR count). The zero-order chi connectivity index (χ0) is 36.8. The molecule has 0 aliphatic carbocycles. The number of unbranched alkanes of at least 4 members (excludes halogenated alkanes) is 8. The number of aliphatic carboxylic acids is 3. The maximum absolute atomic E-state index is 13.4. The summed E-state index contributed by atoms with van der Waals surface area (Å²) in [6, 6.07) is 5.25.